The van der Waals surface area contributed by atoms with E-state index in [4.69, 9.17) is 26.1 Å². The number of benzene rings is 2. The van der Waals surface area contributed by atoms with E-state index in [1.807, 2.05) is 44.4 Å². The minimum atomic E-state index is -0.132. The van der Waals surface area contributed by atoms with Gasteiger partial charge in [-0.2, -0.15) is 0 Å². The minimum absolute atomic E-state index is 0.132. The average Bonchev–Trinajstić information content (AvgIpc) is 3.34. The third-order valence-corrected chi connectivity index (χ3v) is 6.05. The first kappa shape index (κ1) is 20.7. The molecule has 0 spiro atoms. The Balaban J connectivity index is 1.61. The summed E-state index contributed by atoms with van der Waals surface area (Å²) in [4.78, 5) is 21.6. The van der Waals surface area contributed by atoms with Crippen LogP contribution in [0.5, 0.6) is 11.5 Å². The van der Waals surface area contributed by atoms with Gasteiger partial charge in [0.2, 0.25) is 6.79 Å². The number of carbonyl (C=O) groups is 1. The van der Waals surface area contributed by atoms with Gasteiger partial charge in [-0.1, -0.05) is 41.1 Å². The monoisotopic (exact) mass is 443 g/mol. The summed E-state index contributed by atoms with van der Waals surface area (Å²) in [5.41, 5.74) is 1.59. The van der Waals surface area contributed by atoms with Crippen LogP contribution in [0.2, 0.25) is 5.02 Å². The van der Waals surface area contributed by atoms with E-state index in [2.05, 4.69) is 4.90 Å². The van der Waals surface area contributed by atoms with Crippen molar-refractivity contribution in [2.75, 3.05) is 38.9 Å². The van der Waals surface area contributed by atoms with E-state index in [0.29, 0.717) is 28.2 Å². The summed E-state index contributed by atoms with van der Waals surface area (Å²) in [6, 6.07) is 11.2. The molecule has 30 heavy (non-hydrogen) atoms. The van der Waals surface area contributed by atoms with Crippen LogP contribution in [0.15, 0.2) is 42.5 Å². The lowest BCUT2D eigenvalue weighted by Crippen LogP contribution is -2.32. The molecule has 8 heteroatoms. The van der Waals surface area contributed by atoms with Crippen LogP contribution in [0.4, 0.5) is 5.13 Å². The van der Waals surface area contributed by atoms with E-state index in [1.165, 1.54) is 11.3 Å². The predicted molar refractivity (Wildman–Crippen MR) is 122 cm³/mol. The molecule has 1 aliphatic heterocycles. The summed E-state index contributed by atoms with van der Waals surface area (Å²) >= 11 is 7.68. The fraction of sp³-hybridized carbons (Fsp3) is 0.273. The number of amides is 1. The molecule has 1 amide bonds. The SMILES string of the molecule is CN(C)CCCN(C(=O)/C=C/c1ccccc1Cl)c1nc2cc3c(cc2s1)OCO3. The fourth-order valence-electron chi connectivity index (χ4n) is 3.13. The lowest BCUT2D eigenvalue weighted by Gasteiger charge is -2.19. The van der Waals surface area contributed by atoms with Crippen LogP contribution in [0, 0.1) is 0 Å². The minimum Gasteiger partial charge on any atom is -0.454 e. The van der Waals surface area contributed by atoms with Crippen molar-refractivity contribution in [1.29, 1.82) is 0 Å². The van der Waals surface area contributed by atoms with E-state index in [-0.39, 0.29) is 12.7 Å². The highest BCUT2D eigenvalue weighted by molar-refractivity contribution is 7.22. The van der Waals surface area contributed by atoms with E-state index in [9.17, 15) is 4.79 Å². The lowest BCUT2D eigenvalue weighted by atomic mass is 10.2. The number of ether oxygens (including phenoxy) is 2. The van der Waals surface area contributed by atoms with Crippen LogP contribution in [0.3, 0.4) is 0 Å². The van der Waals surface area contributed by atoms with Crippen molar-refractivity contribution in [2.24, 2.45) is 0 Å². The van der Waals surface area contributed by atoms with Crippen LogP contribution >= 0.6 is 22.9 Å². The van der Waals surface area contributed by atoms with Gasteiger partial charge in [0.1, 0.15) is 0 Å². The quantitative estimate of drug-likeness (QED) is 0.496. The number of carbonyl (C=O) groups excluding carboxylic acids is 1. The molecular weight excluding hydrogens is 422 g/mol. The molecule has 0 atom stereocenters. The topological polar surface area (TPSA) is 54.9 Å². The standard InChI is InChI=1S/C22H22ClN3O3S/c1-25(2)10-5-11-26(21(27)9-8-15-6-3-4-7-16(15)23)22-24-17-12-18-19(29-14-28-18)13-20(17)30-22/h3-4,6-9,12-13H,5,10-11,14H2,1-2H3/b9-8+. The van der Waals surface area contributed by atoms with Crippen LogP contribution in [-0.2, 0) is 4.79 Å². The van der Waals surface area contributed by atoms with Crippen molar-refractivity contribution in [1.82, 2.24) is 9.88 Å². The van der Waals surface area contributed by atoms with Gasteiger partial charge in [0, 0.05) is 29.8 Å². The van der Waals surface area contributed by atoms with Gasteiger partial charge in [0.15, 0.2) is 16.6 Å². The van der Waals surface area contributed by atoms with E-state index in [1.54, 1.807) is 23.1 Å². The summed E-state index contributed by atoms with van der Waals surface area (Å²) in [7, 11) is 4.03. The van der Waals surface area contributed by atoms with Gasteiger partial charge < -0.3 is 14.4 Å². The number of nitrogens with zero attached hydrogens (tertiary/aromatic N) is 3. The van der Waals surface area contributed by atoms with Gasteiger partial charge in [0.25, 0.3) is 5.91 Å². The highest BCUT2D eigenvalue weighted by Gasteiger charge is 2.21. The summed E-state index contributed by atoms with van der Waals surface area (Å²) < 4.78 is 11.9. The number of hydrogen-bond donors (Lipinski definition) is 0. The van der Waals surface area contributed by atoms with Crippen molar-refractivity contribution in [2.45, 2.75) is 6.42 Å². The molecule has 4 rings (SSSR count). The first-order chi connectivity index (χ1) is 14.5. The summed E-state index contributed by atoms with van der Waals surface area (Å²) in [6.45, 7) is 1.66. The number of rotatable bonds is 7. The average molecular weight is 444 g/mol. The molecule has 0 saturated heterocycles. The van der Waals surface area contributed by atoms with Gasteiger partial charge >= 0.3 is 0 Å². The second kappa shape index (κ2) is 9.04. The Hall–Kier alpha value is -2.61. The molecule has 6 nitrogen and oxygen atoms in total. The van der Waals surface area contributed by atoms with Gasteiger partial charge in [-0.15, -0.1) is 0 Å². The normalized spacial score (nSPS) is 12.9. The second-order valence-corrected chi connectivity index (χ2v) is 8.59. The Morgan fingerprint density at radius 1 is 1.20 bits per heavy atom. The molecule has 2 aromatic carbocycles. The predicted octanol–water partition coefficient (Wildman–Crippen LogP) is 4.68. The summed E-state index contributed by atoms with van der Waals surface area (Å²) in [6.07, 6.45) is 4.12. The van der Waals surface area contributed by atoms with Crippen LogP contribution in [0.25, 0.3) is 16.3 Å². The van der Waals surface area contributed by atoms with Crippen LogP contribution in [-0.4, -0.2) is 49.8 Å². The van der Waals surface area contributed by atoms with E-state index < -0.39 is 0 Å². The maximum absolute atomic E-state index is 13.1. The highest BCUT2D eigenvalue weighted by atomic mass is 35.5. The third-order valence-electron chi connectivity index (χ3n) is 4.67. The van der Waals surface area contributed by atoms with Gasteiger partial charge in [-0.3, -0.25) is 9.69 Å². The Bertz CT molecular complexity index is 1060. The van der Waals surface area contributed by atoms with Gasteiger partial charge in [-0.25, -0.2) is 4.98 Å². The second-order valence-electron chi connectivity index (χ2n) is 7.17. The number of thiazole rings is 1. The largest absolute Gasteiger partial charge is 0.454 e. The maximum Gasteiger partial charge on any atom is 0.252 e. The zero-order chi connectivity index (χ0) is 21.1. The molecule has 1 aromatic heterocycles. The van der Waals surface area contributed by atoms with Gasteiger partial charge in [0.05, 0.1) is 10.2 Å². The molecule has 0 radical (unpaired) electrons. The molecule has 1 aliphatic rings. The molecule has 0 fully saturated rings. The number of halogens is 1. The number of anilines is 1. The molecule has 0 bridgehead atoms. The zero-order valence-electron chi connectivity index (χ0n) is 16.8. The summed E-state index contributed by atoms with van der Waals surface area (Å²) in [5, 5.41) is 1.26. The number of aromatic nitrogens is 1. The first-order valence-electron chi connectivity index (χ1n) is 9.60. The smallest absolute Gasteiger partial charge is 0.252 e. The Morgan fingerprint density at radius 3 is 2.73 bits per heavy atom. The Labute approximate surface area is 184 Å². The molecule has 156 valence electrons. The van der Waals surface area contributed by atoms with Crippen molar-refractivity contribution in [3.8, 4) is 11.5 Å². The van der Waals surface area contributed by atoms with E-state index >= 15 is 0 Å². The number of hydrogen-bond acceptors (Lipinski definition) is 6. The van der Waals surface area contributed by atoms with E-state index in [0.717, 1.165) is 28.7 Å². The molecule has 0 aliphatic carbocycles. The van der Waals surface area contributed by atoms with Crippen molar-refractivity contribution in [3.63, 3.8) is 0 Å². The Kier molecular flexibility index (Phi) is 6.22. The first-order valence-corrected chi connectivity index (χ1v) is 10.8. The maximum atomic E-state index is 13.1. The zero-order valence-corrected chi connectivity index (χ0v) is 18.4. The molecule has 0 N–H and O–H groups in total. The fourth-order valence-corrected chi connectivity index (χ4v) is 4.33. The molecule has 3 aromatic rings. The van der Waals surface area contributed by atoms with Crippen LogP contribution < -0.4 is 14.4 Å². The molecule has 0 unspecified atom stereocenters. The molecule has 2 heterocycles. The highest BCUT2D eigenvalue weighted by Crippen LogP contribution is 2.39. The van der Waals surface area contributed by atoms with Crippen molar-refractivity contribution < 1.29 is 14.3 Å². The van der Waals surface area contributed by atoms with Crippen molar-refractivity contribution in [3.05, 3.63) is 53.1 Å². The lowest BCUT2D eigenvalue weighted by molar-refractivity contribution is -0.114. The van der Waals surface area contributed by atoms with Gasteiger partial charge in [-0.05, 0) is 44.8 Å². The van der Waals surface area contributed by atoms with Crippen LogP contribution in [0.1, 0.15) is 12.0 Å². The Morgan fingerprint density at radius 2 is 1.97 bits per heavy atom. The summed E-state index contributed by atoms with van der Waals surface area (Å²) in [5.74, 6) is 1.26. The molecule has 0 saturated carbocycles. The third kappa shape index (κ3) is 4.59. The molecular formula is C22H22ClN3O3S. The number of fused-ring (bicyclic) bond motifs is 2. The van der Waals surface area contributed by atoms with Crippen molar-refractivity contribution >= 4 is 50.3 Å².